The quantitative estimate of drug-likeness (QED) is 0.553. The third-order valence-corrected chi connectivity index (χ3v) is 6.61. The minimum absolute atomic E-state index is 0.00751. The lowest BCUT2D eigenvalue weighted by Crippen LogP contribution is -2.43. The highest BCUT2D eigenvalue weighted by atomic mass is 16.5. The Bertz CT molecular complexity index is 836. The molecule has 2 aromatic rings. The van der Waals surface area contributed by atoms with Crippen LogP contribution in [0.2, 0.25) is 0 Å². The molecule has 0 radical (unpaired) electrons. The van der Waals surface area contributed by atoms with E-state index in [0.29, 0.717) is 12.5 Å². The Morgan fingerprint density at radius 3 is 2.42 bits per heavy atom. The summed E-state index contributed by atoms with van der Waals surface area (Å²) in [5, 5.41) is 12.9. The molecule has 2 rings (SSSR count). The molecule has 31 heavy (non-hydrogen) atoms. The van der Waals surface area contributed by atoms with Gasteiger partial charge in [0.25, 0.3) is 0 Å². The Morgan fingerprint density at radius 2 is 1.90 bits per heavy atom. The Balaban J connectivity index is 2.22. The summed E-state index contributed by atoms with van der Waals surface area (Å²) < 4.78 is 8.48. The molecule has 176 valence electrons. The maximum Gasteiger partial charge on any atom is 0.158 e. The van der Waals surface area contributed by atoms with E-state index >= 15 is 0 Å². The first-order valence-corrected chi connectivity index (χ1v) is 11.7. The van der Waals surface area contributed by atoms with Gasteiger partial charge in [0.05, 0.1) is 24.4 Å². The molecular formula is C25H44N4O2. The van der Waals surface area contributed by atoms with Crippen molar-refractivity contribution in [2.24, 2.45) is 13.0 Å². The molecule has 0 saturated heterocycles. The minimum Gasteiger partial charge on any atom is -0.395 e. The van der Waals surface area contributed by atoms with E-state index < -0.39 is 0 Å². The van der Waals surface area contributed by atoms with Crippen LogP contribution in [0.15, 0.2) is 12.3 Å². The first kappa shape index (κ1) is 25.8. The zero-order valence-electron chi connectivity index (χ0n) is 21.1. The molecule has 6 heteroatoms. The predicted molar refractivity (Wildman–Crippen MR) is 129 cm³/mol. The van der Waals surface area contributed by atoms with Crippen LogP contribution >= 0.6 is 0 Å². The minimum atomic E-state index is -0.121. The van der Waals surface area contributed by atoms with E-state index in [2.05, 4.69) is 71.5 Å². The molecular weight excluding hydrogens is 388 g/mol. The van der Waals surface area contributed by atoms with Crippen LogP contribution in [0.3, 0.4) is 0 Å². The van der Waals surface area contributed by atoms with Crippen LogP contribution in [-0.2, 0) is 22.6 Å². The van der Waals surface area contributed by atoms with E-state index in [-0.39, 0.29) is 29.6 Å². The van der Waals surface area contributed by atoms with Crippen molar-refractivity contribution in [1.82, 2.24) is 19.9 Å². The smallest absolute Gasteiger partial charge is 0.158 e. The molecule has 3 atom stereocenters. The van der Waals surface area contributed by atoms with E-state index in [1.807, 2.05) is 13.2 Å². The van der Waals surface area contributed by atoms with Crippen molar-refractivity contribution in [2.45, 2.75) is 90.7 Å². The van der Waals surface area contributed by atoms with Gasteiger partial charge in [-0.15, -0.1) is 0 Å². The third-order valence-electron chi connectivity index (χ3n) is 6.61. The fourth-order valence-corrected chi connectivity index (χ4v) is 4.22. The summed E-state index contributed by atoms with van der Waals surface area (Å²) in [6, 6.07) is 2.10. The molecule has 0 saturated carbocycles. The van der Waals surface area contributed by atoms with Crippen LogP contribution < -0.4 is 5.32 Å². The number of nitrogens with one attached hydrogen (secondary N) is 1. The van der Waals surface area contributed by atoms with Crippen LogP contribution in [0.4, 0.5) is 0 Å². The largest absolute Gasteiger partial charge is 0.395 e. The normalized spacial score (nSPS) is 16.6. The molecule has 0 spiro atoms. The lowest BCUT2D eigenvalue weighted by Gasteiger charge is -2.31. The average Bonchev–Trinajstić information content (AvgIpc) is 3.04. The molecule has 2 heterocycles. The number of hydrogen-bond acceptors (Lipinski definition) is 5. The second-order valence-electron chi connectivity index (χ2n) is 10.6. The highest BCUT2D eigenvalue weighted by Crippen LogP contribution is 2.33. The summed E-state index contributed by atoms with van der Waals surface area (Å²) in [7, 11) is 3.96. The number of aliphatic hydroxyl groups excluding tert-OH is 1. The van der Waals surface area contributed by atoms with Gasteiger partial charge in [0.1, 0.15) is 5.52 Å². The monoisotopic (exact) mass is 432 g/mol. The van der Waals surface area contributed by atoms with Crippen LogP contribution in [-0.4, -0.2) is 52.0 Å². The van der Waals surface area contributed by atoms with Gasteiger partial charge in [-0.25, -0.2) is 4.98 Å². The van der Waals surface area contributed by atoms with E-state index in [0.717, 1.165) is 36.1 Å². The number of aryl methyl sites for hydroxylation is 1. The Hall–Kier alpha value is -1.50. The van der Waals surface area contributed by atoms with Crippen LogP contribution in [0.25, 0.3) is 11.2 Å². The lowest BCUT2D eigenvalue weighted by atomic mass is 9.81. The number of hydrogen-bond donors (Lipinski definition) is 2. The Kier molecular flexibility index (Phi) is 8.65. The summed E-state index contributed by atoms with van der Waals surface area (Å²) >= 11 is 0. The van der Waals surface area contributed by atoms with Crippen LogP contribution in [0.5, 0.6) is 0 Å². The number of aromatic nitrogens is 3. The maximum absolute atomic E-state index is 9.72. The van der Waals surface area contributed by atoms with Crippen molar-refractivity contribution in [1.29, 1.82) is 0 Å². The first-order chi connectivity index (χ1) is 14.5. The summed E-state index contributed by atoms with van der Waals surface area (Å²) in [4.78, 5) is 9.82. The molecule has 6 nitrogen and oxygen atoms in total. The molecule has 0 fully saturated rings. The predicted octanol–water partition coefficient (Wildman–Crippen LogP) is 4.34. The van der Waals surface area contributed by atoms with Crippen molar-refractivity contribution >= 4 is 11.2 Å². The summed E-state index contributed by atoms with van der Waals surface area (Å²) in [5.74, 6) is 0.507. The summed E-state index contributed by atoms with van der Waals surface area (Å²) in [5.41, 5.74) is 4.06. The average molecular weight is 433 g/mol. The number of rotatable bonds is 11. The van der Waals surface area contributed by atoms with E-state index in [4.69, 9.17) is 14.7 Å². The molecule has 2 N–H and O–H groups in total. The SMILES string of the molecule is CC[C@](C)(CCO[C@@H](CC(C)C)[C@H](CO)NC)c1cnc2cc(C(C)(C)C)n(C)c2n1. The fourth-order valence-electron chi connectivity index (χ4n) is 4.22. The maximum atomic E-state index is 9.72. The van der Waals surface area contributed by atoms with Crippen LogP contribution in [0, 0.1) is 5.92 Å². The molecule has 0 aliphatic rings. The van der Waals surface area contributed by atoms with E-state index in [1.165, 1.54) is 5.69 Å². The molecule has 0 aliphatic carbocycles. The number of aliphatic hydroxyl groups is 1. The molecule has 0 aromatic carbocycles. The Morgan fingerprint density at radius 1 is 1.23 bits per heavy atom. The van der Waals surface area contributed by atoms with Gasteiger partial charge >= 0.3 is 0 Å². The summed E-state index contributed by atoms with van der Waals surface area (Å²) in [6.45, 7) is 16.2. The summed E-state index contributed by atoms with van der Waals surface area (Å²) in [6.07, 6.45) is 4.66. The highest BCUT2D eigenvalue weighted by Gasteiger charge is 2.30. The van der Waals surface area contributed by atoms with Crippen molar-refractivity contribution in [2.75, 3.05) is 20.3 Å². The van der Waals surface area contributed by atoms with E-state index in [1.54, 1.807) is 0 Å². The van der Waals surface area contributed by atoms with Crippen molar-refractivity contribution in [3.05, 3.63) is 23.7 Å². The molecule has 2 aromatic heterocycles. The van der Waals surface area contributed by atoms with Gasteiger partial charge in [-0.05, 0) is 38.3 Å². The van der Waals surface area contributed by atoms with Crippen molar-refractivity contribution < 1.29 is 9.84 Å². The zero-order valence-corrected chi connectivity index (χ0v) is 21.1. The number of fused-ring (bicyclic) bond motifs is 1. The van der Waals surface area contributed by atoms with E-state index in [9.17, 15) is 5.11 Å². The topological polar surface area (TPSA) is 72.2 Å². The zero-order chi connectivity index (χ0) is 23.4. The molecule has 0 unspecified atom stereocenters. The molecule has 0 aliphatic heterocycles. The fraction of sp³-hybridized carbons (Fsp3) is 0.760. The third kappa shape index (κ3) is 6.05. The number of likely N-dealkylation sites (N-methyl/N-ethyl adjacent to an activating group) is 1. The van der Waals surface area contributed by atoms with Crippen molar-refractivity contribution in [3.63, 3.8) is 0 Å². The molecule has 0 amide bonds. The first-order valence-electron chi connectivity index (χ1n) is 11.7. The van der Waals surface area contributed by atoms with Crippen molar-refractivity contribution in [3.8, 4) is 0 Å². The molecule has 0 bridgehead atoms. The lowest BCUT2D eigenvalue weighted by molar-refractivity contribution is -0.00663. The second kappa shape index (κ2) is 10.4. The van der Waals surface area contributed by atoms with Gasteiger partial charge < -0.3 is 19.7 Å². The van der Waals surface area contributed by atoms with Gasteiger partial charge in [-0.1, -0.05) is 48.5 Å². The Labute approximate surface area is 188 Å². The van der Waals surface area contributed by atoms with Gasteiger partial charge in [0.2, 0.25) is 0 Å². The number of nitrogens with zero attached hydrogens (tertiary/aromatic N) is 3. The van der Waals surface area contributed by atoms with Gasteiger partial charge in [-0.3, -0.25) is 4.98 Å². The number of ether oxygens (including phenoxy) is 1. The van der Waals surface area contributed by atoms with Gasteiger partial charge in [-0.2, -0.15) is 0 Å². The standard InChI is InChI=1S/C25H44N4O2/c1-10-25(7,11-12-31-20(13-17(2)3)19(16-30)26-8)21-15-27-18-14-22(24(4,5)6)29(9)23(18)28-21/h14-15,17,19-20,26,30H,10-13,16H2,1-9H3/t19-,20-,25+/m0/s1. The van der Waals surface area contributed by atoms with Gasteiger partial charge in [0, 0.05) is 36.4 Å². The van der Waals surface area contributed by atoms with Crippen LogP contribution in [0.1, 0.15) is 79.1 Å². The van der Waals surface area contributed by atoms with Gasteiger partial charge in [0.15, 0.2) is 5.65 Å². The highest BCUT2D eigenvalue weighted by molar-refractivity contribution is 5.73. The second-order valence-corrected chi connectivity index (χ2v) is 10.6.